The van der Waals surface area contributed by atoms with Crippen LogP contribution in [0.2, 0.25) is 0 Å². The molecular formula is C8H7F3N2O4. The highest BCUT2D eigenvalue weighted by atomic mass is 19.4. The molecule has 0 aliphatic rings. The lowest BCUT2D eigenvalue weighted by Gasteiger charge is -2.05. The number of carboxylic acids is 1. The fraction of sp³-hybridized carbons (Fsp3) is 0.375. The van der Waals surface area contributed by atoms with E-state index in [0.717, 1.165) is 0 Å². The summed E-state index contributed by atoms with van der Waals surface area (Å²) in [6, 6.07) is 0. The molecule has 0 fully saturated rings. The maximum Gasteiger partial charge on any atom is 0.471 e. The number of oxazole rings is 1. The first-order valence-corrected chi connectivity index (χ1v) is 4.26. The van der Waals surface area contributed by atoms with Crippen LogP contribution in [0.5, 0.6) is 0 Å². The van der Waals surface area contributed by atoms with Crippen LogP contribution >= 0.6 is 0 Å². The number of amides is 1. The molecule has 0 saturated carbocycles. The van der Waals surface area contributed by atoms with Gasteiger partial charge in [0, 0.05) is 0 Å². The van der Waals surface area contributed by atoms with Crippen molar-refractivity contribution in [2.45, 2.75) is 19.6 Å². The molecule has 1 rings (SSSR count). The summed E-state index contributed by atoms with van der Waals surface area (Å²) in [4.78, 5) is 24.4. The van der Waals surface area contributed by atoms with Crippen LogP contribution < -0.4 is 5.32 Å². The zero-order valence-electron chi connectivity index (χ0n) is 8.46. The fourth-order valence-corrected chi connectivity index (χ4v) is 0.981. The van der Waals surface area contributed by atoms with Crippen molar-refractivity contribution in [3.63, 3.8) is 0 Å². The van der Waals surface area contributed by atoms with Crippen molar-refractivity contribution in [2.24, 2.45) is 0 Å². The zero-order valence-corrected chi connectivity index (χ0v) is 8.46. The summed E-state index contributed by atoms with van der Waals surface area (Å²) in [6.07, 6.45) is -5.00. The molecule has 0 radical (unpaired) electrons. The predicted octanol–water partition coefficient (Wildman–Crippen LogP) is 0.860. The molecule has 0 aliphatic heterocycles. The number of nitrogens with one attached hydrogen (secondary N) is 1. The van der Waals surface area contributed by atoms with Crippen LogP contribution in [0.15, 0.2) is 4.42 Å². The van der Waals surface area contributed by atoms with Gasteiger partial charge in [-0.25, -0.2) is 9.78 Å². The molecule has 0 aromatic carbocycles. The van der Waals surface area contributed by atoms with Crippen molar-refractivity contribution in [2.75, 3.05) is 0 Å². The highest BCUT2D eigenvalue weighted by Gasteiger charge is 2.38. The molecule has 0 spiro atoms. The van der Waals surface area contributed by atoms with Gasteiger partial charge in [0.1, 0.15) is 5.76 Å². The standard InChI is InChI=1S/C8H7F3N2O4/c1-3-5(6(14)15)13-4(17-3)2-12-7(16)8(9,10)11/h2H2,1H3,(H,12,16)(H,14,15). The lowest BCUT2D eigenvalue weighted by atomic mass is 10.4. The summed E-state index contributed by atoms with van der Waals surface area (Å²) in [6.45, 7) is 0.665. The molecule has 0 saturated heterocycles. The number of hydrogen-bond donors (Lipinski definition) is 2. The Morgan fingerprint density at radius 1 is 1.47 bits per heavy atom. The number of aromatic nitrogens is 1. The number of carbonyl (C=O) groups excluding carboxylic acids is 1. The molecule has 1 heterocycles. The molecule has 0 unspecified atom stereocenters. The van der Waals surface area contributed by atoms with Crippen LogP contribution in [0.3, 0.4) is 0 Å². The van der Waals surface area contributed by atoms with Crippen molar-refractivity contribution < 1.29 is 32.3 Å². The van der Waals surface area contributed by atoms with Gasteiger partial charge in [0.25, 0.3) is 0 Å². The van der Waals surface area contributed by atoms with E-state index in [1.165, 1.54) is 12.2 Å². The van der Waals surface area contributed by atoms with E-state index in [-0.39, 0.29) is 11.7 Å². The number of halogens is 3. The summed E-state index contributed by atoms with van der Waals surface area (Å²) in [5.74, 6) is -3.86. The minimum Gasteiger partial charge on any atom is -0.476 e. The van der Waals surface area contributed by atoms with E-state index in [9.17, 15) is 22.8 Å². The van der Waals surface area contributed by atoms with E-state index < -0.39 is 30.3 Å². The molecular weight excluding hydrogens is 245 g/mol. The Labute approximate surface area is 92.4 Å². The third-order valence-electron chi connectivity index (χ3n) is 1.70. The number of aromatic carboxylic acids is 1. The highest BCUT2D eigenvalue weighted by Crippen LogP contribution is 2.15. The van der Waals surface area contributed by atoms with Gasteiger partial charge in [-0.1, -0.05) is 0 Å². The summed E-state index contributed by atoms with van der Waals surface area (Å²) in [5, 5.41) is 10.1. The summed E-state index contributed by atoms with van der Waals surface area (Å²) >= 11 is 0. The number of carbonyl (C=O) groups is 2. The van der Waals surface area contributed by atoms with Gasteiger partial charge in [-0.2, -0.15) is 13.2 Å². The van der Waals surface area contributed by atoms with Gasteiger partial charge in [0.2, 0.25) is 5.89 Å². The van der Waals surface area contributed by atoms with E-state index in [0.29, 0.717) is 0 Å². The van der Waals surface area contributed by atoms with Crippen LogP contribution in [0.1, 0.15) is 22.1 Å². The molecule has 94 valence electrons. The fourth-order valence-electron chi connectivity index (χ4n) is 0.981. The van der Waals surface area contributed by atoms with Crippen LogP contribution in [0.4, 0.5) is 13.2 Å². The molecule has 6 nitrogen and oxygen atoms in total. The van der Waals surface area contributed by atoms with Gasteiger partial charge in [-0.3, -0.25) is 4.79 Å². The van der Waals surface area contributed by atoms with Crippen LogP contribution in [-0.4, -0.2) is 28.1 Å². The van der Waals surface area contributed by atoms with Gasteiger partial charge >= 0.3 is 18.1 Å². The second kappa shape index (κ2) is 4.44. The number of carboxylic acid groups (broad SMARTS) is 1. The van der Waals surface area contributed by atoms with Gasteiger partial charge < -0.3 is 14.8 Å². The van der Waals surface area contributed by atoms with E-state index in [1.807, 2.05) is 0 Å². The predicted molar refractivity (Wildman–Crippen MR) is 46.1 cm³/mol. The zero-order chi connectivity index (χ0) is 13.2. The molecule has 9 heteroatoms. The molecule has 1 aromatic heterocycles. The minimum atomic E-state index is -5.00. The Bertz CT molecular complexity index is 452. The topological polar surface area (TPSA) is 92.4 Å². The first-order chi connectivity index (χ1) is 7.71. The largest absolute Gasteiger partial charge is 0.476 e. The SMILES string of the molecule is Cc1oc(CNC(=O)C(F)(F)F)nc1C(=O)O. The number of alkyl halides is 3. The Hall–Kier alpha value is -2.06. The molecule has 1 amide bonds. The third-order valence-corrected chi connectivity index (χ3v) is 1.70. The Kier molecular flexibility index (Phi) is 3.39. The number of aryl methyl sites for hydroxylation is 1. The minimum absolute atomic E-state index is 0.0474. The van der Waals surface area contributed by atoms with Crippen molar-refractivity contribution in [3.8, 4) is 0 Å². The Morgan fingerprint density at radius 2 is 2.06 bits per heavy atom. The molecule has 17 heavy (non-hydrogen) atoms. The Morgan fingerprint density at radius 3 is 2.47 bits per heavy atom. The van der Waals surface area contributed by atoms with Crippen LogP contribution in [-0.2, 0) is 11.3 Å². The van der Waals surface area contributed by atoms with Crippen molar-refractivity contribution in [1.82, 2.24) is 10.3 Å². The number of nitrogens with zero attached hydrogens (tertiary/aromatic N) is 1. The monoisotopic (exact) mass is 252 g/mol. The lowest BCUT2D eigenvalue weighted by Crippen LogP contribution is -2.36. The van der Waals surface area contributed by atoms with Gasteiger partial charge in [0.15, 0.2) is 5.69 Å². The molecule has 0 aliphatic carbocycles. The number of hydrogen-bond acceptors (Lipinski definition) is 4. The van der Waals surface area contributed by atoms with E-state index in [2.05, 4.69) is 4.98 Å². The second-order valence-corrected chi connectivity index (χ2v) is 3.00. The van der Waals surface area contributed by atoms with Crippen molar-refractivity contribution in [1.29, 1.82) is 0 Å². The summed E-state index contributed by atoms with van der Waals surface area (Å²) in [5.41, 5.74) is -0.402. The number of rotatable bonds is 3. The van der Waals surface area contributed by atoms with Crippen molar-refractivity contribution in [3.05, 3.63) is 17.3 Å². The maximum absolute atomic E-state index is 11.8. The summed E-state index contributed by atoms with van der Waals surface area (Å²) < 4.78 is 40.2. The van der Waals surface area contributed by atoms with E-state index in [4.69, 9.17) is 9.52 Å². The Balaban J connectivity index is 2.68. The third kappa shape index (κ3) is 3.20. The molecule has 2 N–H and O–H groups in total. The molecule has 0 atom stereocenters. The van der Waals surface area contributed by atoms with E-state index in [1.54, 1.807) is 0 Å². The van der Waals surface area contributed by atoms with Crippen molar-refractivity contribution >= 4 is 11.9 Å². The normalized spacial score (nSPS) is 11.3. The van der Waals surface area contributed by atoms with Crippen LogP contribution in [0, 0.1) is 6.92 Å². The summed E-state index contributed by atoms with van der Waals surface area (Å²) in [7, 11) is 0. The highest BCUT2D eigenvalue weighted by molar-refractivity contribution is 5.86. The average Bonchev–Trinajstić information content (AvgIpc) is 2.54. The second-order valence-electron chi connectivity index (χ2n) is 3.00. The van der Waals surface area contributed by atoms with Gasteiger partial charge in [-0.15, -0.1) is 0 Å². The van der Waals surface area contributed by atoms with Gasteiger partial charge in [-0.05, 0) is 6.92 Å². The smallest absolute Gasteiger partial charge is 0.471 e. The van der Waals surface area contributed by atoms with Crippen LogP contribution in [0.25, 0.3) is 0 Å². The van der Waals surface area contributed by atoms with Gasteiger partial charge in [0.05, 0.1) is 6.54 Å². The first kappa shape index (κ1) is 13.0. The first-order valence-electron chi connectivity index (χ1n) is 4.26. The molecule has 0 bridgehead atoms. The molecule has 1 aromatic rings. The average molecular weight is 252 g/mol. The quantitative estimate of drug-likeness (QED) is 0.832. The van der Waals surface area contributed by atoms with E-state index >= 15 is 0 Å². The maximum atomic E-state index is 11.8. The lowest BCUT2D eigenvalue weighted by molar-refractivity contribution is -0.173.